The lowest BCUT2D eigenvalue weighted by Gasteiger charge is -1.95. The minimum absolute atomic E-state index is 0.136. The average molecular weight is 175 g/mol. The maximum Gasteiger partial charge on any atom is 0.374 e. The minimum atomic E-state index is -0.487. The van der Waals surface area contributed by atoms with Gasteiger partial charge in [0.1, 0.15) is 0 Å². The molecule has 0 fully saturated rings. The van der Waals surface area contributed by atoms with E-state index in [2.05, 4.69) is 4.74 Å². The van der Waals surface area contributed by atoms with Gasteiger partial charge in [-0.2, -0.15) is 0 Å². The highest BCUT2D eigenvalue weighted by Gasteiger charge is 2.10. The van der Waals surface area contributed by atoms with Gasteiger partial charge in [0.2, 0.25) is 5.76 Å². The maximum atomic E-state index is 10.9. The number of ether oxygens (including phenoxy) is 1. The zero-order valence-electron chi connectivity index (χ0n) is 5.96. The van der Waals surface area contributed by atoms with E-state index >= 15 is 0 Å². The minimum Gasteiger partial charge on any atom is -0.460 e. The van der Waals surface area contributed by atoms with Gasteiger partial charge in [-0.05, 0) is 30.7 Å². The van der Waals surface area contributed by atoms with Gasteiger partial charge in [-0.1, -0.05) is 0 Å². The summed E-state index contributed by atoms with van der Waals surface area (Å²) >= 11 is 5.43. The van der Waals surface area contributed by atoms with Crippen molar-refractivity contribution < 1.29 is 13.9 Å². The van der Waals surface area contributed by atoms with Gasteiger partial charge in [-0.15, -0.1) is 0 Å². The van der Waals surface area contributed by atoms with Crippen molar-refractivity contribution in [2.45, 2.75) is 6.92 Å². The van der Waals surface area contributed by atoms with Crippen molar-refractivity contribution in [2.75, 3.05) is 6.61 Å². The van der Waals surface area contributed by atoms with E-state index in [1.807, 2.05) is 0 Å². The Balaban J connectivity index is 2.69. The van der Waals surface area contributed by atoms with Crippen LogP contribution in [0.15, 0.2) is 16.5 Å². The molecule has 0 saturated carbocycles. The van der Waals surface area contributed by atoms with Gasteiger partial charge < -0.3 is 9.15 Å². The standard InChI is InChI=1S/C7H7ClO3/c1-2-10-7(9)5-3-4-6(8)11-5/h3-4H,2H2,1H3. The molecule has 0 aliphatic carbocycles. The number of carbonyl (C=O) groups is 1. The first-order chi connectivity index (χ1) is 5.24. The highest BCUT2D eigenvalue weighted by atomic mass is 35.5. The lowest BCUT2D eigenvalue weighted by Crippen LogP contribution is -2.02. The first-order valence-electron chi connectivity index (χ1n) is 3.16. The molecule has 3 nitrogen and oxygen atoms in total. The molecule has 1 aromatic heterocycles. The summed E-state index contributed by atoms with van der Waals surface area (Å²) in [6.07, 6.45) is 0. The van der Waals surface area contributed by atoms with Gasteiger partial charge in [0.05, 0.1) is 6.61 Å². The summed E-state index contributed by atoms with van der Waals surface area (Å²) in [6, 6.07) is 2.97. The molecule has 0 spiro atoms. The van der Waals surface area contributed by atoms with Crippen LogP contribution in [0.1, 0.15) is 17.5 Å². The van der Waals surface area contributed by atoms with E-state index < -0.39 is 5.97 Å². The van der Waals surface area contributed by atoms with E-state index in [-0.39, 0.29) is 11.0 Å². The quantitative estimate of drug-likeness (QED) is 0.645. The summed E-state index contributed by atoms with van der Waals surface area (Å²) in [4.78, 5) is 10.9. The van der Waals surface area contributed by atoms with E-state index in [4.69, 9.17) is 16.0 Å². The number of esters is 1. The third kappa shape index (κ3) is 1.98. The zero-order valence-corrected chi connectivity index (χ0v) is 6.72. The zero-order chi connectivity index (χ0) is 8.27. The van der Waals surface area contributed by atoms with Crippen LogP contribution >= 0.6 is 11.6 Å². The normalized spacial score (nSPS) is 9.64. The van der Waals surface area contributed by atoms with Crippen LogP contribution in [-0.4, -0.2) is 12.6 Å². The third-order valence-corrected chi connectivity index (χ3v) is 1.25. The van der Waals surface area contributed by atoms with Crippen molar-refractivity contribution in [1.29, 1.82) is 0 Å². The van der Waals surface area contributed by atoms with E-state index in [1.54, 1.807) is 6.92 Å². The Morgan fingerprint density at radius 3 is 2.91 bits per heavy atom. The SMILES string of the molecule is CCOC(=O)c1ccc(Cl)o1. The van der Waals surface area contributed by atoms with Crippen molar-refractivity contribution in [2.24, 2.45) is 0 Å². The molecule has 0 atom stereocenters. The van der Waals surface area contributed by atoms with E-state index in [0.29, 0.717) is 6.61 Å². The molecule has 0 aliphatic heterocycles. The Morgan fingerprint density at radius 2 is 2.45 bits per heavy atom. The molecule has 1 rings (SSSR count). The fourth-order valence-corrected chi connectivity index (χ4v) is 0.772. The summed E-state index contributed by atoms with van der Waals surface area (Å²) in [6.45, 7) is 2.06. The molecule has 4 heteroatoms. The lowest BCUT2D eigenvalue weighted by atomic mass is 10.5. The van der Waals surface area contributed by atoms with Crippen LogP contribution in [0.2, 0.25) is 5.22 Å². The van der Waals surface area contributed by atoms with Crippen molar-refractivity contribution in [3.63, 3.8) is 0 Å². The molecule has 0 radical (unpaired) electrons. The predicted octanol–water partition coefficient (Wildman–Crippen LogP) is 2.11. The number of halogens is 1. The summed E-state index contributed by atoms with van der Waals surface area (Å²) in [5.74, 6) is -0.351. The number of furan rings is 1. The fraction of sp³-hybridized carbons (Fsp3) is 0.286. The van der Waals surface area contributed by atoms with Gasteiger partial charge in [-0.3, -0.25) is 0 Å². The van der Waals surface area contributed by atoms with Crippen LogP contribution in [0.5, 0.6) is 0 Å². The summed E-state index contributed by atoms with van der Waals surface area (Å²) in [5.41, 5.74) is 0. The lowest BCUT2D eigenvalue weighted by molar-refractivity contribution is 0.0490. The van der Waals surface area contributed by atoms with E-state index in [0.717, 1.165) is 0 Å². The topological polar surface area (TPSA) is 39.4 Å². The Hall–Kier alpha value is -0.960. The van der Waals surface area contributed by atoms with Crippen LogP contribution in [0.3, 0.4) is 0 Å². The third-order valence-electron chi connectivity index (χ3n) is 1.05. The molecule has 0 aliphatic rings. The summed E-state index contributed by atoms with van der Waals surface area (Å²) in [7, 11) is 0. The van der Waals surface area contributed by atoms with Gasteiger partial charge in [0.25, 0.3) is 0 Å². The van der Waals surface area contributed by atoms with Gasteiger partial charge in [-0.25, -0.2) is 4.79 Å². The second-order valence-corrected chi connectivity index (χ2v) is 2.20. The molecule has 0 saturated heterocycles. The van der Waals surface area contributed by atoms with Crippen molar-refractivity contribution >= 4 is 17.6 Å². The number of hydrogen-bond donors (Lipinski definition) is 0. The second-order valence-electron chi connectivity index (χ2n) is 1.82. The highest BCUT2D eigenvalue weighted by Crippen LogP contribution is 2.13. The molecular formula is C7H7ClO3. The van der Waals surface area contributed by atoms with Gasteiger partial charge in [0.15, 0.2) is 5.22 Å². The van der Waals surface area contributed by atoms with Crippen LogP contribution in [-0.2, 0) is 4.74 Å². The number of carbonyl (C=O) groups excluding carboxylic acids is 1. The number of rotatable bonds is 2. The predicted molar refractivity (Wildman–Crippen MR) is 39.7 cm³/mol. The average Bonchev–Trinajstić information content (AvgIpc) is 2.36. The molecule has 60 valence electrons. The largest absolute Gasteiger partial charge is 0.460 e. The first-order valence-corrected chi connectivity index (χ1v) is 3.54. The second kappa shape index (κ2) is 3.44. The van der Waals surface area contributed by atoms with Crippen LogP contribution in [0, 0.1) is 0 Å². The molecule has 1 heterocycles. The number of hydrogen-bond acceptors (Lipinski definition) is 3. The molecule has 0 bridgehead atoms. The fourth-order valence-electron chi connectivity index (χ4n) is 0.626. The highest BCUT2D eigenvalue weighted by molar-refractivity contribution is 6.29. The molecule has 1 aromatic rings. The molecular weight excluding hydrogens is 168 g/mol. The molecule has 0 amide bonds. The summed E-state index contributed by atoms with van der Waals surface area (Å²) in [5, 5.41) is 0.188. The monoisotopic (exact) mass is 174 g/mol. The van der Waals surface area contributed by atoms with Gasteiger partial charge in [0, 0.05) is 0 Å². The van der Waals surface area contributed by atoms with Crippen molar-refractivity contribution in [1.82, 2.24) is 0 Å². The maximum absolute atomic E-state index is 10.9. The van der Waals surface area contributed by atoms with Crippen molar-refractivity contribution in [3.05, 3.63) is 23.1 Å². The first kappa shape index (κ1) is 8.14. The Morgan fingerprint density at radius 1 is 1.73 bits per heavy atom. The van der Waals surface area contributed by atoms with Crippen LogP contribution < -0.4 is 0 Å². The Kier molecular flexibility index (Phi) is 2.54. The Labute approximate surface area is 68.9 Å². The van der Waals surface area contributed by atoms with Gasteiger partial charge >= 0.3 is 5.97 Å². The molecule has 0 aromatic carbocycles. The smallest absolute Gasteiger partial charge is 0.374 e. The molecule has 11 heavy (non-hydrogen) atoms. The molecule has 0 unspecified atom stereocenters. The van der Waals surface area contributed by atoms with E-state index in [1.165, 1.54) is 12.1 Å². The Bertz CT molecular complexity index is 254. The molecule has 0 N–H and O–H groups in total. The summed E-state index contributed by atoms with van der Waals surface area (Å²) < 4.78 is 9.44. The van der Waals surface area contributed by atoms with E-state index in [9.17, 15) is 4.79 Å². The van der Waals surface area contributed by atoms with Crippen LogP contribution in [0.25, 0.3) is 0 Å². The van der Waals surface area contributed by atoms with Crippen LogP contribution in [0.4, 0.5) is 0 Å². The van der Waals surface area contributed by atoms with Crippen molar-refractivity contribution in [3.8, 4) is 0 Å².